The summed E-state index contributed by atoms with van der Waals surface area (Å²) in [5.41, 5.74) is -7.26. The van der Waals surface area contributed by atoms with Crippen molar-refractivity contribution in [1.82, 2.24) is 4.90 Å². The van der Waals surface area contributed by atoms with Gasteiger partial charge in [-0.2, -0.15) is 13.2 Å². The number of hydrogen-bond acceptors (Lipinski definition) is 7. The van der Waals surface area contributed by atoms with Crippen molar-refractivity contribution < 1.29 is 41.2 Å². The van der Waals surface area contributed by atoms with E-state index >= 15 is 0 Å². The molecule has 2 heterocycles. The zero-order valence-electron chi connectivity index (χ0n) is 17.2. The lowest BCUT2D eigenvalue weighted by Crippen LogP contribution is -2.53. The number of alkyl halides is 3. The summed E-state index contributed by atoms with van der Waals surface area (Å²) in [6.07, 6.45) is -1.49. The van der Waals surface area contributed by atoms with Gasteiger partial charge in [-0.1, -0.05) is 6.07 Å². The first-order chi connectivity index (χ1) is 15.2. The Balaban J connectivity index is 1.88. The number of aliphatic hydroxyl groups excluding tert-OH is 1. The molecule has 4 rings (SSSR count). The standard InChI is InChI=1S/C20H17F3N2O7S/c1-19(2)17(26)16(24-9-13-11(18(24)27)4-3-5-14(13)25(28)29)12-8-10(6-7-15(12)32-19)33(30,31)20(21,22)23/h3-8,16-17,26H,9H2,1-2H3/t16-,17+/m1/s1. The lowest BCUT2D eigenvalue weighted by atomic mass is 9.85. The number of carbonyl (C=O) groups excluding carboxylic acids is 1. The maximum Gasteiger partial charge on any atom is 0.501 e. The van der Waals surface area contributed by atoms with Crippen LogP contribution in [0.25, 0.3) is 0 Å². The van der Waals surface area contributed by atoms with Gasteiger partial charge in [0.15, 0.2) is 0 Å². The summed E-state index contributed by atoms with van der Waals surface area (Å²) in [6.45, 7) is 2.67. The summed E-state index contributed by atoms with van der Waals surface area (Å²) < 4.78 is 68.9. The van der Waals surface area contributed by atoms with Crippen molar-refractivity contribution in [2.75, 3.05) is 0 Å². The number of amides is 1. The Hall–Kier alpha value is -3.19. The van der Waals surface area contributed by atoms with Crippen molar-refractivity contribution in [3.05, 3.63) is 63.2 Å². The van der Waals surface area contributed by atoms with Crippen LogP contribution in [0.3, 0.4) is 0 Å². The highest BCUT2D eigenvalue weighted by atomic mass is 32.2. The number of halogens is 3. The first-order valence-electron chi connectivity index (χ1n) is 9.56. The van der Waals surface area contributed by atoms with Crippen LogP contribution in [-0.2, 0) is 16.4 Å². The largest absolute Gasteiger partial charge is 0.501 e. The van der Waals surface area contributed by atoms with Gasteiger partial charge in [0.25, 0.3) is 21.4 Å². The number of benzene rings is 2. The quantitative estimate of drug-likeness (QED) is 0.522. The van der Waals surface area contributed by atoms with E-state index in [0.29, 0.717) is 6.07 Å². The molecule has 0 spiro atoms. The molecule has 176 valence electrons. The van der Waals surface area contributed by atoms with Gasteiger partial charge in [0, 0.05) is 11.6 Å². The minimum Gasteiger partial charge on any atom is -0.485 e. The fraction of sp³-hybridized carbons (Fsp3) is 0.350. The van der Waals surface area contributed by atoms with Crippen LogP contribution < -0.4 is 4.74 Å². The van der Waals surface area contributed by atoms with Crippen molar-refractivity contribution in [2.45, 2.75) is 48.5 Å². The molecule has 0 fully saturated rings. The highest BCUT2D eigenvalue weighted by Gasteiger charge is 2.51. The Kier molecular flexibility index (Phi) is 4.98. The van der Waals surface area contributed by atoms with E-state index in [1.165, 1.54) is 32.0 Å². The highest BCUT2D eigenvalue weighted by molar-refractivity contribution is 7.92. The number of hydrogen-bond donors (Lipinski definition) is 1. The molecule has 0 bridgehead atoms. The molecule has 0 unspecified atom stereocenters. The van der Waals surface area contributed by atoms with E-state index in [9.17, 15) is 41.6 Å². The number of ether oxygens (including phenoxy) is 1. The van der Waals surface area contributed by atoms with Crippen molar-refractivity contribution in [1.29, 1.82) is 0 Å². The first-order valence-corrected chi connectivity index (χ1v) is 11.0. The third-order valence-electron chi connectivity index (χ3n) is 5.80. The number of rotatable bonds is 3. The summed E-state index contributed by atoms with van der Waals surface area (Å²) in [4.78, 5) is 23.9. The van der Waals surface area contributed by atoms with Crippen LogP contribution >= 0.6 is 0 Å². The van der Waals surface area contributed by atoms with Crippen LogP contribution in [0.1, 0.15) is 41.4 Å². The number of aliphatic hydroxyl groups is 1. The van der Waals surface area contributed by atoms with Crippen LogP contribution in [0.15, 0.2) is 41.3 Å². The summed E-state index contributed by atoms with van der Waals surface area (Å²) >= 11 is 0. The number of nitro benzene ring substituents is 1. The topological polar surface area (TPSA) is 127 Å². The van der Waals surface area contributed by atoms with Gasteiger partial charge in [-0.05, 0) is 38.1 Å². The fourth-order valence-corrected chi connectivity index (χ4v) is 4.91. The minimum atomic E-state index is -5.72. The smallest absolute Gasteiger partial charge is 0.485 e. The van der Waals surface area contributed by atoms with Gasteiger partial charge in [-0.15, -0.1) is 0 Å². The maximum atomic E-state index is 13.1. The molecule has 0 radical (unpaired) electrons. The minimum absolute atomic E-state index is 0.0151. The lowest BCUT2D eigenvalue weighted by molar-refractivity contribution is -0.385. The molecule has 9 nitrogen and oxygen atoms in total. The second-order valence-corrected chi connectivity index (χ2v) is 10.2. The van der Waals surface area contributed by atoms with E-state index in [1.807, 2.05) is 0 Å². The molecule has 0 aliphatic carbocycles. The van der Waals surface area contributed by atoms with Crippen LogP contribution in [0, 0.1) is 10.1 Å². The van der Waals surface area contributed by atoms with E-state index in [4.69, 9.17) is 4.74 Å². The van der Waals surface area contributed by atoms with Gasteiger partial charge < -0.3 is 14.7 Å². The van der Waals surface area contributed by atoms with Gasteiger partial charge in [0.1, 0.15) is 17.5 Å². The molecule has 2 aliphatic rings. The molecule has 2 aliphatic heterocycles. The molecule has 0 saturated carbocycles. The predicted octanol–water partition coefficient (Wildman–Crippen LogP) is 3.12. The zero-order chi connectivity index (χ0) is 24.5. The Morgan fingerprint density at radius 1 is 1.24 bits per heavy atom. The Morgan fingerprint density at radius 3 is 2.52 bits per heavy atom. The van der Waals surface area contributed by atoms with Crippen LogP contribution in [-0.4, -0.2) is 46.5 Å². The van der Waals surface area contributed by atoms with Gasteiger partial charge in [-0.3, -0.25) is 14.9 Å². The highest BCUT2D eigenvalue weighted by Crippen LogP contribution is 2.47. The van der Waals surface area contributed by atoms with Crippen molar-refractivity contribution in [3.8, 4) is 5.75 Å². The van der Waals surface area contributed by atoms with Crippen LogP contribution in [0.2, 0.25) is 0 Å². The summed E-state index contributed by atoms with van der Waals surface area (Å²) in [5, 5.41) is 22.4. The van der Waals surface area contributed by atoms with E-state index in [0.717, 1.165) is 17.0 Å². The normalized spacial score (nSPS) is 21.9. The summed E-state index contributed by atoms with van der Waals surface area (Å²) in [5.74, 6) is -0.708. The third-order valence-corrected chi connectivity index (χ3v) is 7.29. The van der Waals surface area contributed by atoms with Crippen molar-refractivity contribution >= 4 is 21.4 Å². The number of sulfone groups is 1. The van der Waals surface area contributed by atoms with Crippen LogP contribution in [0.5, 0.6) is 5.75 Å². The van der Waals surface area contributed by atoms with Crippen molar-refractivity contribution in [2.24, 2.45) is 0 Å². The second kappa shape index (κ2) is 7.15. The Morgan fingerprint density at radius 2 is 1.91 bits per heavy atom. The number of fused-ring (bicyclic) bond motifs is 2. The molecule has 2 aromatic rings. The average molecular weight is 486 g/mol. The molecule has 1 amide bonds. The number of nitro groups is 1. The predicted molar refractivity (Wildman–Crippen MR) is 106 cm³/mol. The maximum absolute atomic E-state index is 13.1. The van der Waals surface area contributed by atoms with Gasteiger partial charge in [0.05, 0.1) is 33.5 Å². The van der Waals surface area contributed by atoms with Crippen molar-refractivity contribution in [3.63, 3.8) is 0 Å². The molecule has 1 N–H and O–H groups in total. The summed E-state index contributed by atoms with van der Waals surface area (Å²) in [6, 6.07) is 5.06. The van der Waals surface area contributed by atoms with Gasteiger partial charge in [-0.25, -0.2) is 8.42 Å². The third kappa shape index (κ3) is 3.42. The molecule has 0 saturated heterocycles. The van der Waals surface area contributed by atoms with E-state index < -0.39 is 48.8 Å². The monoisotopic (exact) mass is 486 g/mol. The first kappa shape index (κ1) is 23.0. The van der Waals surface area contributed by atoms with Gasteiger partial charge >= 0.3 is 5.51 Å². The average Bonchev–Trinajstić information content (AvgIpc) is 3.04. The lowest BCUT2D eigenvalue weighted by Gasteiger charge is -2.45. The second-order valence-electron chi connectivity index (χ2n) is 8.24. The Labute approximate surface area is 185 Å². The Bertz CT molecular complexity index is 1290. The SMILES string of the molecule is CC1(C)Oc2ccc(S(=O)(=O)C(F)(F)F)cc2[C@@H](N2Cc3c(cccc3[N+](=O)[O-])C2=O)[C@@H]1O. The zero-order valence-corrected chi connectivity index (χ0v) is 18.0. The van der Waals surface area contributed by atoms with Crippen LogP contribution in [0.4, 0.5) is 18.9 Å². The molecular weight excluding hydrogens is 469 g/mol. The molecular formula is C20H17F3N2O7S. The molecule has 2 atom stereocenters. The molecule has 0 aromatic heterocycles. The molecule has 2 aromatic carbocycles. The van der Waals surface area contributed by atoms with Gasteiger partial charge in [0.2, 0.25) is 0 Å². The number of nitrogens with zero attached hydrogens (tertiary/aromatic N) is 2. The van der Waals surface area contributed by atoms with E-state index in [-0.39, 0.29) is 34.7 Å². The molecule has 13 heteroatoms. The molecule has 33 heavy (non-hydrogen) atoms. The number of carbonyl (C=O) groups is 1. The van der Waals surface area contributed by atoms with E-state index in [1.54, 1.807) is 0 Å². The fourth-order valence-electron chi connectivity index (χ4n) is 4.12. The summed E-state index contributed by atoms with van der Waals surface area (Å²) in [7, 11) is -5.72. The van der Waals surface area contributed by atoms with E-state index in [2.05, 4.69) is 0 Å².